The molecule has 1 rings (SSSR count). The number of nitrogens with zero attached hydrogens (tertiary/aromatic N) is 1. The van der Waals surface area contributed by atoms with Crippen LogP contribution in [0.2, 0.25) is 0 Å². The van der Waals surface area contributed by atoms with Crippen molar-refractivity contribution >= 4 is 43.2 Å². The summed E-state index contributed by atoms with van der Waals surface area (Å²) in [6, 6.07) is -1.13. The molecule has 1 aromatic rings. The Morgan fingerprint density at radius 3 is 2.38 bits per heavy atom. The van der Waals surface area contributed by atoms with E-state index >= 15 is 0 Å². The van der Waals surface area contributed by atoms with Crippen LogP contribution in [0.3, 0.4) is 0 Å². The zero-order valence-corrected chi connectivity index (χ0v) is 17.2. The van der Waals surface area contributed by atoms with Crippen LogP contribution in [0.25, 0.3) is 0 Å². The first kappa shape index (κ1) is 22.3. The average Bonchev–Trinajstić information content (AvgIpc) is 2.93. The summed E-state index contributed by atoms with van der Waals surface area (Å²) in [5, 5.41) is 2.09. The maximum Gasteiger partial charge on any atom is 0.328 e. The smallest absolute Gasteiger partial charge is 0.328 e. The molecule has 1 heterocycles. The van der Waals surface area contributed by atoms with Crippen molar-refractivity contribution in [1.82, 2.24) is 15.0 Å². The molecule has 0 aliphatic heterocycles. The van der Waals surface area contributed by atoms with Crippen molar-refractivity contribution in [2.45, 2.75) is 25.0 Å². The van der Waals surface area contributed by atoms with Crippen LogP contribution >= 0.6 is 11.3 Å². The molecule has 10 nitrogen and oxygen atoms in total. The number of nitrogens with one attached hydrogen (secondary N) is 2. The van der Waals surface area contributed by atoms with Gasteiger partial charge in [0.2, 0.25) is 10.0 Å². The lowest BCUT2D eigenvalue weighted by atomic mass is 10.2. The van der Waals surface area contributed by atoms with E-state index in [4.69, 9.17) is 0 Å². The maximum absolute atomic E-state index is 12.0. The van der Waals surface area contributed by atoms with Gasteiger partial charge in [0.05, 0.1) is 24.1 Å². The van der Waals surface area contributed by atoms with Crippen molar-refractivity contribution in [2.75, 3.05) is 25.7 Å². The Kier molecular flexibility index (Phi) is 7.13. The summed E-state index contributed by atoms with van der Waals surface area (Å²) >= 11 is 1.31. The molecule has 1 unspecified atom stereocenters. The molecule has 0 aliphatic carbocycles. The number of aromatic nitrogens is 1. The van der Waals surface area contributed by atoms with Crippen molar-refractivity contribution in [1.29, 1.82) is 0 Å². The number of aryl methyl sites for hydroxylation is 2. The van der Waals surface area contributed by atoms with Crippen LogP contribution in [-0.2, 0) is 35.8 Å². The SMILES string of the molecule is COC(=O)C(C)(CNC(=O)NS(=O)(=O)CCc1scnc1C)S(C)(=O)=O. The van der Waals surface area contributed by atoms with Gasteiger partial charge >= 0.3 is 12.0 Å². The second-order valence-corrected chi connectivity index (χ2v) is 10.9. The third-order valence-corrected chi connectivity index (χ3v) is 7.89. The number of sulfonamides is 1. The number of sulfone groups is 1. The van der Waals surface area contributed by atoms with E-state index in [0.717, 1.165) is 30.9 Å². The highest BCUT2D eigenvalue weighted by molar-refractivity contribution is 7.92. The standard InChI is InChI=1S/C13H21N3O7S3/c1-9-10(24-8-15-9)5-6-26(21,22)16-12(18)14-7-13(2,11(17)23-3)25(4,19)20/h8H,5-7H2,1-4H3,(H2,14,16,18). The number of methoxy groups -OCH3 is 1. The summed E-state index contributed by atoms with van der Waals surface area (Å²) in [6.45, 7) is 2.18. The fraction of sp³-hybridized carbons (Fsp3) is 0.615. The Morgan fingerprint density at radius 1 is 1.31 bits per heavy atom. The topological polar surface area (TPSA) is 149 Å². The number of ether oxygens (including phenoxy) is 1. The molecule has 0 fully saturated rings. The van der Waals surface area contributed by atoms with Crippen LogP contribution in [0, 0.1) is 6.92 Å². The molecule has 1 aromatic heterocycles. The minimum Gasteiger partial charge on any atom is -0.468 e. The second kappa shape index (κ2) is 8.31. The van der Waals surface area contributed by atoms with E-state index in [0.29, 0.717) is 0 Å². The summed E-state index contributed by atoms with van der Waals surface area (Å²) in [5.74, 6) is -1.41. The number of hydrogen-bond acceptors (Lipinski definition) is 9. The Hall–Kier alpha value is -1.73. The van der Waals surface area contributed by atoms with E-state index in [9.17, 15) is 26.4 Å². The van der Waals surface area contributed by atoms with Gasteiger partial charge in [-0.25, -0.2) is 31.3 Å². The van der Waals surface area contributed by atoms with E-state index in [1.54, 1.807) is 17.2 Å². The highest BCUT2D eigenvalue weighted by Gasteiger charge is 2.45. The molecule has 0 saturated carbocycles. The maximum atomic E-state index is 12.0. The Bertz CT molecular complexity index is 877. The lowest BCUT2D eigenvalue weighted by Crippen LogP contribution is -2.54. The second-order valence-electron chi connectivity index (χ2n) is 5.71. The van der Waals surface area contributed by atoms with E-state index in [-0.39, 0.29) is 12.2 Å². The summed E-state index contributed by atoms with van der Waals surface area (Å²) < 4.78 is 51.8. The van der Waals surface area contributed by atoms with E-state index < -0.39 is 43.2 Å². The molecule has 0 saturated heterocycles. The zero-order chi connectivity index (χ0) is 20.2. The first-order valence-corrected chi connectivity index (χ1v) is 11.7. The molecule has 26 heavy (non-hydrogen) atoms. The van der Waals surface area contributed by atoms with Gasteiger partial charge in [0, 0.05) is 17.7 Å². The molecule has 0 aliphatic rings. The molecular formula is C13H21N3O7S3. The first-order chi connectivity index (χ1) is 11.8. The number of hydrogen-bond donors (Lipinski definition) is 2. The van der Waals surface area contributed by atoms with Gasteiger partial charge in [-0.15, -0.1) is 11.3 Å². The van der Waals surface area contributed by atoms with Crippen molar-refractivity contribution in [3.63, 3.8) is 0 Å². The van der Waals surface area contributed by atoms with Crippen molar-refractivity contribution < 1.29 is 31.2 Å². The molecule has 148 valence electrons. The molecular weight excluding hydrogens is 406 g/mol. The largest absolute Gasteiger partial charge is 0.468 e. The highest BCUT2D eigenvalue weighted by atomic mass is 32.2. The number of thiazole rings is 1. The molecule has 0 spiro atoms. The molecule has 13 heteroatoms. The van der Waals surface area contributed by atoms with Crippen LogP contribution in [-0.4, -0.2) is 64.2 Å². The number of amides is 2. The Labute approximate surface area is 156 Å². The predicted octanol–water partition coefficient (Wildman–Crippen LogP) is -0.401. The monoisotopic (exact) mass is 427 g/mol. The van der Waals surface area contributed by atoms with Gasteiger partial charge < -0.3 is 10.1 Å². The van der Waals surface area contributed by atoms with Gasteiger partial charge in [-0.05, 0) is 20.3 Å². The average molecular weight is 428 g/mol. The fourth-order valence-electron chi connectivity index (χ4n) is 1.84. The van der Waals surface area contributed by atoms with E-state index in [2.05, 4.69) is 15.0 Å². The molecule has 2 amide bonds. The number of carbonyl (C=O) groups is 2. The number of rotatable bonds is 8. The van der Waals surface area contributed by atoms with E-state index in [1.165, 1.54) is 11.3 Å². The third kappa shape index (κ3) is 5.64. The lowest BCUT2D eigenvalue weighted by Gasteiger charge is -2.24. The van der Waals surface area contributed by atoms with Crippen LogP contribution in [0.4, 0.5) is 4.79 Å². The van der Waals surface area contributed by atoms with Crippen molar-refractivity contribution in [2.24, 2.45) is 0 Å². The van der Waals surface area contributed by atoms with Crippen molar-refractivity contribution in [3.05, 3.63) is 16.1 Å². The molecule has 1 atom stereocenters. The third-order valence-electron chi connectivity index (χ3n) is 3.71. The zero-order valence-electron chi connectivity index (χ0n) is 14.7. The Balaban J connectivity index is 2.69. The van der Waals surface area contributed by atoms with Crippen LogP contribution in [0.5, 0.6) is 0 Å². The fourth-order valence-corrected chi connectivity index (χ4v) is 4.40. The van der Waals surface area contributed by atoms with Gasteiger partial charge in [-0.3, -0.25) is 4.79 Å². The lowest BCUT2D eigenvalue weighted by molar-refractivity contribution is -0.143. The predicted molar refractivity (Wildman–Crippen MR) is 96.1 cm³/mol. The number of carbonyl (C=O) groups excluding carboxylic acids is 2. The quantitative estimate of drug-likeness (QED) is 0.532. The summed E-state index contributed by atoms with van der Waals surface area (Å²) in [5.41, 5.74) is 2.31. The van der Waals surface area contributed by atoms with Crippen molar-refractivity contribution in [3.8, 4) is 0 Å². The van der Waals surface area contributed by atoms with Gasteiger partial charge in [-0.2, -0.15) is 0 Å². The Morgan fingerprint density at radius 2 is 1.92 bits per heavy atom. The molecule has 2 N–H and O–H groups in total. The molecule has 0 radical (unpaired) electrons. The van der Waals surface area contributed by atoms with Gasteiger partial charge in [-0.1, -0.05) is 0 Å². The number of urea groups is 1. The normalized spacial score (nSPS) is 14.3. The van der Waals surface area contributed by atoms with Gasteiger partial charge in [0.1, 0.15) is 0 Å². The highest BCUT2D eigenvalue weighted by Crippen LogP contribution is 2.17. The van der Waals surface area contributed by atoms with Crippen LogP contribution < -0.4 is 10.0 Å². The van der Waals surface area contributed by atoms with Gasteiger partial charge in [0.25, 0.3) is 0 Å². The minimum absolute atomic E-state index is 0.183. The van der Waals surface area contributed by atoms with Gasteiger partial charge in [0.15, 0.2) is 14.6 Å². The molecule has 0 bridgehead atoms. The number of esters is 1. The summed E-state index contributed by atoms with van der Waals surface area (Å²) in [6.07, 6.45) is 1.000. The van der Waals surface area contributed by atoms with Crippen LogP contribution in [0.1, 0.15) is 17.5 Å². The summed E-state index contributed by atoms with van der Waals surface area (Å²) in [7, 11) is -6.87. The minimum atomic E-state index is -3.95. The van der Waals surface area contributed by atoms with E-state index in [1.807, 2.05) is 0 Å². The summed E-state index contributed by atoms with van der Waals surface area (Å²) in [4.78, 5) is 28.4. The van der Waals surface area contributed by atoms with Crippen LogP contribution in [0.15, 0.2) is 5.51 Å². The molecule has 0 aromatic carbocycles. The first-order valence-electron chi connectivity index (χ1n) is 7.27.